The molecule has 1 aliphatic heterocycles. The lowest BCUT2D eigenvalue weighted by molar-refractivity contribution is 0.101. The van der Waals surface area contributed by atoms with E-state index < -0.39 is 0 Å². The van der Waals surface area contributed by atoms with Crippen LogP contribution in [-0.2, 0) is 0 Å². The lowest BCUT2D eigenvalue weighted by atomic mass is 10.1. The predicted molar refractivity (Wildman–Crippen MR) is 137 cm³/mol. The van der Waals surface area contributed by atoms with Gasteiger partial charge in [0, 0.05) is 16.9 Å². The number of carbonyl (C=O) groups excluding carboxylic acids is 2. The number of rotatable bonds is 9. The third-order valence-corrected chi connectivity index (χ3v) is 7.63. The molecule has 2 aromatic heterocycles. The third-order valence-electron chi connectivity index (χ3n) is 6.70. The number of Topliss-reactive ketones (excluding diaryl/α,β-unsaturated/α-hetero) is 2. The number of methoxy groups -OCH3 is 1. The number of H-pyrrole nitrogens is 1. The van der Waals surface area contributed by atoms with Crippen molar-refractivity contribution in [3.05, 3.63) is 52.6 Å². The second kappa shape index (κ2) is 10.8. The zero-order chi connectivity index (χ0) is 25.1. The van der Waals surface area contributed by atoms with E-state index in [2.05, 4.69) is 27.0 Å². The summed E-state index contributed by atoms with van der Waals surface area (Å²) in [5.74, 6) is 1.70. The summed E-state index contributed by atoms with van der Waals surface area (Å²) in [7, 11) is 1.65. The lowest BCUT2D eigenvalue weighted by Gasteiger charge is -2.31. The zero-order valence-corrected chi connectivity index (χ0v) is 21.9. The van der Waals surface area contributed by atoms with E-state index in [-0.39, 0.29) is 23.4 Å². The van der Waals surface area contributed by atoms with Crippen molar-refractivity contribution >= 4 is 23.3 Å². The van der Waals surface area contributed by atoms with Crippen molar-refractivity contribution < 1.29 is 14.3 Å². The van der Waals surface area contributed by atoms with Crippen molar-refractivity contribution in [2.75, 3.05) is 26.0 Å². The van der Waals surface area contributed by atoms with Gasteiger partial charge < -0.3 is 9.72 Å². The number of aromatic nitrogens is 4. The van der Waals surface area contributed by atoms with Gasteiger partial charge in [-0.2, -0.15) is 0 Å². The topological polar surface area (TPSA) is 93.1 Å². The number of aromatic amines is 1. The molecule has 0 spiro atoms. The van der Waals surface area contributed by atoms with E-state index in [1.165, 1.54) is 37.9 Å². The molecule has 8 nitrogen and oxygen atoms in total. The summed E-state index contributed by atoms with van der Waals surface area (Å²) in [6.07, 6.45) is 3.64. The molecule has 0 unspecified atom stereocenters. The van der Waals surface area contributed by atoms with Crippen LogP contribution < -0.4 is 4.74 Å². The number of hydrogen-bond donors (Lipinski definition) is 1. The molecule has 0 bridgehead atoms. The van der Waals surface area contributed by atoms with Crippen LogP contribution in [0.4, 0.5) is 0 Å². The molecule has 9 heteroatoms. The fraction of sp³-hybridized carbons (Fsp3) is 0.462. The molecule has 0 aliphatic carbocycles. The SMILES string of the molecule is COc1ccc(-n2c(SCC(=O)c3[nH]c(C)c(C(C)=O)c3C)nnc2[C@H](C)N2CCCCC2)cc1. The lowest BCUT2D eigenvalue weighted by Crippen LogP contribution is -2.33. The Morgan fingerprint density at radius 3 is 2.40 bits per heavy atom. The van der Waals surface area contributed by atoms with Gasteiger partial charge in [0.25, 0.3) is 0 Å². The number of hydrogen-bond acceptors (Lipinski definition) is 7. The van der Waals surface area contributed by atoms with Crippen LogP contribution in [-0.4, -0.2) is 62.2 Å². The first-order chi connectivity index (χ1) is 16.8. The van der Waals surface area contributed by atoms with Gasteiger partial charge in [-0.15, -0.1) is 10.2 Å². The Bertz CT molecular complexity index is 1210. The number of aryl methyl sites for hydroxylation is 1. The summed E-state index contributed by atoms with van der Waals surface area (Å²) in [5, 5.41) is 9.73. The van der Waals surface area contributed by atoms with Crippen LogP contribution in [0.3, 0.4) is 0 Å². The van der Waals surface area contributed by atoms with E-state index in [1.807, 2.05) is 42.7 Å². The number of nitrogens with zero attached hydrogens (tertiary/aromatic N) is 4. The maximum absolute atomic E-state index is 13.1. The minimum Gasteiger partial charge on any atom is -0.497 e. The molecule has 1 saturated heterocycles. The largest absolute Gasteiger partial charge is 0.497 e. The molecular weight excluding hydrogens is 462 g/mol. The standard InChI is InChI=1S/C26H33N5O3S/c1-16-23(19(4)32)17(2)27-24(16)22(33)15-35-26-29-28-25(18(3)30-13-7-6-8-14-30)31(26)20-9-11-21(34-5)12-10-20/h9-12,18,27H,6-8,13-15H2,1-5H3/t18-/m0/s1. The molecule has 0 saturated carbocycles. The highest BCUT2D eigenvalue weighted by atomic mass is 32.2. The Kier molecular flexibility index (Phi) is 7.76. The summed E-state index contributed by atoms with van der Waals surface area (Å²) >= 11 is 1.36. The van der Waals surface area contributed by atoms with Crippen LogP contribution in [0.1, 0.15) is 77.1 Å². The fourth-order valence-corrected chi connectivity index (χ4v) is 5.68. The number of nitrogens with one attached hydrogen (secondary N) is 1. The van der Waals surface area contributed by atoms with Gasteiger partial charge in [0.05, 0.1) is 24.6 Å². The average molecular weight is 496 g/mol. The molecule has 35 heavy (non-hydrogen) atoms. The highest BCUT2D eigenvalue weighted by molar-refractivity contribution is 7.99. The third kappa shape index (κ3) is 5.21. The number of ether oxygens (including phenoxy) is 1. The Morgan fingerprint density at radius 1 is 1.11 bits per heavy atom. The molecule has 1 fully saturated rings. The van der Waals surface area contributed by atoms with Gasteiger partial charge in [0.1, 0.15) is 5.75 Å². The monoisotopic (exact) mass is 495 g/mol. The van der Waals surface area contributed by atoms with Crippen LogP contribution in [0.15, 0.2) is 29.4 Å². The first-order valence-corrected chi connectivity index (χ1v) is 13.0. The Morgan fingerprint density at radius 2 is 1.80 bits per heavy atom. The first kappa shape index (κ1) is 25.2. The number of likely N-dealkylation sites (tertiary alicyclic amines) is 1. The van der Waals surface area contributed by atoms with E-state index in [4.69, 9.17) is 4.74 Å². The van der Waals surface area contributed by atoms with Gasteiger partial charge in [0.15, 0.2) is 22.5 Å². The van der Waals surface area contributed by atoms with Gasteiger partial charge in [-0.05, 0) is 83.5 Å². The second-order valence-corrected chi connectivity index (χ2v) is 9.98. The van der Waals surface area contributed by atoms with Crippen LogP contribution in [0, 0.1) is 13.8 Å². The highest BCUT2D eigenvalue weighted by Gasteiger charge is 2.26. The van der Waals surface area contributed by atoms with Crippen LogP contribution >= 0.6 is 11.8 Å². The molecule has 186 valence electrons. The molecule has 0 amide bonds. The number of thioether (sulfide) groups is 1. The van der Waals surface area contributed by atoms with Gasteiger partial charge in [0.2, 0.25) is 0 Å². The van der Waals surface area contributed by atoms with E-state index in [1.54, 1.807) is 7.11 Å². The molecule has 1 aromatic carbocycles. The quantitative estimate of drug-likeness (QED) is 0.332. The first-order valence-electron chi connectivity index (χ1n) is 12.0. The molecule has 0 radical (unpaired) electrons. The molecule has 1 N–H and O–H groups in total. The molecule has 1 atom stereocenters. The maximum atomic E-state index is 13.1. The van der Waals surface area contributed by atoms with E-state index >= 15 is 0 Å². The van der Waals surface area contributed by atoms with Crippen LogP contribution in [0.25, 0.3) is 5.69 Å². The van der Waals surface area contributed by atoms with Crippen LogP contribution in [0.5, 0.6) is 5.75 Å². The molecule has 3 aromatic rings. The van der Waals surface area contributed by atoms with Crippen molar-refractivity contribution in [1.82, 2.24) is 24.6 Å². The zero-order valence-electron chi connectivity index (χ0n) is 21.1. The highest BCUT2D eigenvalue weighted by Crippen LogP contribution is 2.31. The van der Waals surface area contributed by atoms with Gasteiger partial charge in [-0.1, -0.05) is 18.2 Å². The summed E-state index contributed by atoms with van der Waals surface area (Å²) in [6, 6.07) is 7.90. The van der Waals surface area contributed by atoms with Crippen molar-refractivity contribution in [3.63, 3.8) is 0 Å². The molecule has 4 rings (SSSR count). The van der Waals surface area contributed by atoms with Gasteiger partial charge >= 0.3 is 0 Å². The van der Waals surface area contributed by atoms with Gasteiger partial charge in [-0.3, -0.25) is 19.1 Å². The van der Waals surface area contributed by atoms with Crippen molar-refractivity contribution in [1.29, 1.82) is 0 Å². The summed E-state index contributed by atoms with van der Waals surface area (Å²) < 4.78 is 7.38. The number of carbonyl (C=O) groups is 2. The predicted octanol–water partition coefficient (Wildman–Crippen LogP) is 4.95. The smallest absolute Gasteiger partial charge is 0.196 e. The summed E-state index contributed by atoms with van der Waals surface area (Å²) in [5.41, 5.74) is 3.43. The number of benzene rings is 1. The Hall–Kier alpha value is -2.91. The van der Waals surface area contributed by atoms with Crippen molar-refractivity contribution in [2.45, 2.75) is 58.2 Å². The maximum Gasteiger partial charge on any atom is 0.196 e. The Labute approximate surface area is 210 Å². The van der Waals surface area contributed by atoms with E-state index in [0.29, 0.717) is 22.0 Å². The van der Waals surface area contributed by atoms with Crippen LogP contribution in [0.2, 0.25) is 0 Å². The summed E-state index contributed by atoms with van der Waals surface area (Å²) in [4.78, 5) is 30.6. The minimum absolute atomic E-state index is 0.0430. The fourth-order valence-electron chi connectivity index (χ4n) is 4.85. The minimum atomic E-state index is -0.0713. The second-order valence-electron chi connectivity index (χ2n) is 9.04. The van der Waals surface area contributed by atoms with Crippen molar-refractivity contribution in [2.24, 2.45) is 0 Å². The molecular formula is C26H33N5O3S. The van der Waals surface area contributed by atoms with E-state index in [9.17, 15) is 9.59 Å². The van der Waals surface area contributed by atoms with Crippen molar-refractivity contribution in [3.8, 4) is 11.4 Å². The number of ketones is 2. The number of piperidine rings is 1. The molecule has 1 aliphatic rings. The van der Waals surface area contributed by atoms with E-state index in [0.717, 1.165) is 36.0 Å². The molecule has 3 heterocycles. The van der Waals surface area contributed by atoms with Gasteiger partial charge in [-0.25, -0.2) is 0 Å². The summed E-state index contributed by atoms with van der Waals surface area (Å²) in [6.45, 7) is 9.42. The normalized spacial score (nSPS) is 15.2. The Balaban J connectivity index is 1.63. The average Bonchev–Trinajstić information content (AvgIpc) is 3.42.